The Bertz CT molecular complexity index is 723. The highest BCUT2D eigenvalue weighted by molar-refractivity contribution is 5.82. The first-order valence-electron chi connectivity index (χ1n) is 8.94. The van der Waals surface area contributed by atoms with Gasteiger partial charge in [-0.2, -0.15) is 0 Å². The van der Waals surface area contributed by atoms with Gasteiger partial charge in [0.1, 0.15) is 17.4 Å². The predicted molar refractivity (Wildman–Crippen MR) is 104 cm³/mol. The molecule has 1 unspecified atom stereocenters. The summed E-state index contributed by atoms with van der Waals surface area (Å²) >= 11 is 0. The molecular weight excluding hydrogens is 330 g/mol. The zero-order valence-electron chi connectivity index (χ0n) is 15.9. The minimum Gasteiger partial charge on any atom is -0.497 e. The van der Waals surface area contributed by atoms with Crippen molar-refractivity contribution in [1.82, 2.24) is 0 Å². The van der Waals surface area contributed by atoms with Crippen molar-refractivity contribution in [3.05, 3.63) is 53.6 Å². The molecule has 0 aliphatic carbocycles. The Hall–Kier alpha value is -2.69. The van der Waals surface area contributed by atoms with E-state index in [4.69, 9.17) is 9.47 Å². The molecule has 0 aliphatic heterocycles. The molecule has 2 aromatic carbocycles. The number of methoxy groups -OCH3 is 1. The summed E-state index contributed by atoms with van der Waals surface area (Å²) in [6.45, 7) is 8.31. The maximum absolute atomic E-state index is 12.0. The van der Waals surface area contributed by atoms with Crippen molar-refractivity contribution in [3.8, 4) is 11.5 Å². The number of hydrogen-bond donors (Lipinski definition) is 1. The lowest BCUT2D eigenvalue weighted by atomic mass is 9.90. The zero-order valence-corrected chi connectivity index (χ0v) is 15.9. The van der Waals surface area contributed by atoms with Gasteiger partial charge in [-0.25, -0.2) is 0 Å². The molecule has 0 heterocycles. The average molecular weight is 357 g/mol. The van der Waals surface area contributed by atoms with Crippen molar-refractivity contribution < 1.29 is 19.4 Å². The monoisotopic (exact) mass is 357 g/mol. The third-order valence-corrected chi connectivity index (χ3v) is 4.43. The van der Waals surface area contributed by atoms with Crippen LogP contribution in [0.1, 0.15) is 37.8 Å². The summed E-state index contributed by atoms with van der Waals surface area (Å²) in [6, 6.07) is 12.9. The van der Waals surface area contributed by atoms with E-state index in [1.165, 1.54) is 0 Å². The van der Waals surface area contributed by atoms with Gasteiger partial charge in [-0.3, -0.25) is 4.79 Å². The van der Waals surface area contributed by atoms with E-state index in [-0.39, 0.29) is 0 Å². The number of anilines is 1. The van der Waals surface area contributed by atoms with Gasteiger partial charge in [0.05, 0.1) is 13.7 Å². The quantitative estimate of drug-likeness (QED) is 0.730. The van der Waals surface area contributed by atoms with E-state index in [0.717, 1.165) is 18.8 Å². The molecule has 0 aromatic heterocycles. The van der Waals surface area contributed by atoms with Crippen molar-refractivity contribution >= 4 is 11.7 Å². The maximum atomic E-state index is 12.0. The van der Waals surface area contributed by atoms with E-state index < -0.39 is 11.9 Å². The second kappa shape index (κ2) is 9.13. The Labute approximate surface area is 155 Å². The van der Waals surface area contributed by atoms with Gasteiger partial charge >= 0.3 is 5.97 Å². The summed E-state index contributed by atoms with van der Waals surface area (Å²) < 4.78 is 11.0. The van der Waals surface area contributed by atoms with Gasteiger partial charge in [0.2, 0.25) is 0 Å². The van der Waals surface area contributed by atoms with E-state index in [9.17, 15) is 9.90 Å². The Morgan fingerprint density at radius 3 is 2.23 bits per heavy atom. The highest BCUT2D eigenvalue weighted by atomic mass is 16.5. The number of carboxylic acid groups (broad SMARTS) is 1. The van der Waals surface area contributed by atoms with Gasteiger partial charge < -0.3 is 19.5 Å². The third kappa shape index (κ3) is 4.28. The van der Waals surface area contributed by atoms with Gasteiger partial charge in [-0.15, -0.1) is 0 Å². The van der Waals surface area contributed by atoms with Crippen molar-refractivity contribution in [2.24, 2.45) is 0 Å². The Balaban J connectivity index is 2.51. The smallest absolute Gasteiger partial charge is 0.315 e. The lowest BCUT2D eigenvalue weighted by Gasteiger charge is -2.24. The molecule has 2 rings (SSSR count). The highest BCUT2D eigenvalue weighted by Gasteiger charge is 2.26. The molecule has 0 bridgehead atoms. The number of benzene rings is 2. The lowest BCUT2D eigenvalue weighted by molar-refractivity contribution is -0.137. The lowest BCUT2D eigenvalue weighted by Crippen LogP contribution is -2.22. The Morgan fingerprint density at radius 2 is 1.73 bits per heavy atom. The van der Waals surface area contributed by atoms with Gasteiger partial charge in [0.25, 0.3) is 0 Å². The second-order valence-corrected chi connectivity index (χ2v) is 5.87. The molecular formula is C21H27NO4. The van der Waals surface area contributed by atoms with Gasteiger partial charge in [-0.05, 0) is 44.5 Å². The summed E-state index contributed by atoms with van der Waals surface area (Å²) in [7, 11) is 1.59. The van der Waals surface area contributed by atoms with Crippen LogP contribution in [0.15, 0.2) is 42.5 Å². The van der Waals surface area contributed by atoms with Crippen molar-refractivity contribution in [1.29, 1.82) is 0 Å². The van der Waals surface area contributed by atoms with E-state index in [1.54, 1.807) is 31.4 Å². The highest BCUT2D eigenvalue weighted by Crippen LogP contribution is 2.36. The van der Waals surface area contributed by atoms with E-state index in [2.05, 4.69) is 18.7 Å². The fourth-order valence-electron chi connectivity index (χ4n) is 3.08. The van der Waals surface area contributed by atoms with Gasteiger partial charge in [-0.1, -0.05) is 18.2 Å². The molecule has 0 spiro atoms. The Morgan fingerprint density at radius 1 is 1.08 bits per heavy atom. The van der Waals surface area contributed by atoms with Crippen LogP contribution in [0.3, 0.4) is 0 Å². The SMILES string of the molecule is CCOc1cc(N(CC)CC)ccc1C(C(=O)O)c1ccc(OC)cc1. The predicted octanol–water partition coefficient (Wildman–Crippen LogP) is 4.16. The van der Waals surface area contributed by atoms with Crippen LogP contribution >= 0.6 is 0 Å². The molecule has 0 saturated carbocycles. The summed E-state index contributed by atoms with van der Waals surface area (Å²) in [5.74, 6) is -0.403. The molecule has 2 aromatic rings. The largest absolute Gasteiger partial charge is 0.497 e. The minimum absolute atomic E-state index is 0.476. The number of carbonyl (C=O) groups is 1. The van der Waals surface area contributed by atoms with Crippen molar-refractivity contribution in [2.75, 3.05) is 31.7 Å². The van der Waals surface area contributed by atoms with Crippen LogP contribution in [0.2, 0.25) is 0 Å². The standard InChI is InChI=1S/C21H27NO4/c1-5-22(6-2)16-10-13-18(19(14-16)26-7-3)20(21(23)24)15-8-11-17(25-4)12-9-15/h8-14,20H,5-7H2,1-4H3,(H,23,24). The first kappa shape index (κ1) is 19.6. The number of ether oxygens (including phenoxy) is 2. The molecule has 0 fully saturated rings. The van der Waals surface area contributed by atoms with Crippen molar-refractivity contribution in [3.63, 3.8) is 0 Å². The normalized spacial score (nSPS) is 11.7. The number of hydrogen-bond acceptors (Lipinski definition) is 4. The molecule has 0 aliphatic rings. The second-order valence-electron chi connectivity index (χ2n) is 5.87. The van der Waals surface area contributed by atoms with Crippen LogP contribution in [0.5, 0.6) is 11.5 Å². The molecule has 1 atom stereocenters. The number of rotatable bonds is 9. The summed E-state index contributed by atoms with van der Waals surface area (Å²) in [5.41, 5.74) is 2.37. The van der Waals surface area contributed by atoms with Crippen LogP contribution in [-0.4, -0.2) is 37.9 Å². The summed E-state index contributed by atoms with van der Waals surface area (Å²) in [6.07, 6.45) is 0. The van der Waals surface area contributed by atoms with Crippen LogP contribution in [-0.2, 0) is 4.79 Å². The molecule has 5 heteroatoms. The van der Waals surface area contributed by atoms with E-state index in [0.29, 0.717) is 29.2 Å². The number of carboxylic acids is 1. The summed E-state index contributed by atoms with van der Waals surface area (Å²) in [5, 5.41) is 9.87. The van der Waals surface area contributed by atoms with Crippen LogP contribution < -0.4 is 14.4 Å². The van der Waals surface area contributed by atoms with Crippen molar-refractivity contribution in [2.45, 2.75) is 26.7 Å². The fraction of sp³-hybridized carbons (Fsp3) is 0.381. The molecule has 0 radical (unpaired) electrons. The van der Waals surface area contributed by atoms with Gasteiger partial charge in [0, 0.05) is 30.4 Å². The molecule has 5 nitrogen and oxygen atoms in total. The van der Waals surface area contributed by atoms with Gasteiger partial charge in [0.15, 0.2) is 0 Å². The molecule has 1 N–H and O–H groups in total. The van der Waals surface area contributed by atoms with E-state index in [1.807, 2.05) is 25.1 Å². The van der Waals surface area contributed by atoms with E-state index >= 15 is 0 Å². The maximum Gasteiger partial charge on any atom is 0.315 e. The minimum atomic E-state index is -0.910. The van der Waals surface area contributed by atoms with Crippen LogP contribution in [0.25, 0.3) is 0 Å². The van der Waals surface area contributed by atoms with Crippen LogP contribution in [0, 0.1) is 0 Å². The molecule has 26 heavy (non-hydrogen) atoms. The first-order chi connectivity index (χ1) is 12.5. The molecule has 0 saturated heterocycles. The van der Waals surface area contributed by atoms with Crippen LogP contribution in [0.4, 0.5) is 5.69 Å². The topological polar surface area (TPSA) is 59.0 Å². The Kier molecular flexibility index (Phi) is 6.89. The zero-order chi connectivity index (χ0) is 19.1. The average Bonchev–Trinajstić information content (AvgIpc) is 2.65. The molecule has 0 amide bonds. The number of aliphatic carboxylic acids is 1. The first-order valence-corrected chi connectivity index (χ1v) is 8.94. The third-order valence-electron chi connectivity index (χ3n) is 4.43. The number of nitrogens with zero attached hydrogens (tertiary/aromatic N) is 1. The fourth-order valence-corrected chi connectivity index (χ4v) is 3.08. The molecule has 140 valence electrons. The summed E-state index contributed by atoms with van der Waals surface area (Å²) in [4.78, 5) is 14.2.